The molecule has 0 aromatic heterocycles. The Balaban J connectivity index is 2.02. The van der Waals surface area contributed by atoms with Gasteiger partial charge >= 0.3 is 0 Å². The zero-order valence-electron chi connectivity index (χ0n) is 10.3. The Morgan fingerprint density at radius 2 is 2.00 bits per heavy atom. The molecule has 5 heteroatoms. The van der Waals surface area contributed by atoms with Gasteiger partial charge in [0, 0.05) is 11.0 Å². The van der Waals surface area contributed by atoms with Crippen LogP contribution in [0.3, 0.4) is 0 Å². The Morgan fingerprint density at radius 1 is 1.32 bits per heavy atom. The Bertz CT molecular complexity index is 493. The summed E-state index contributed by atoms with van der Waals surface area (Å²) in [5, 5.41) is 2.60. The summed E-state index contributed by atoms with van der Waals surface area (Å²) in [4.78, 5) is 11.8. The van der Waals surface area contributed by atoms with Gasteiger partial charge in [-0.3, -0.25) is 4.79 Å². The predicted octanol–water partition coefficient (Wildman–Crippen LogP) is 3.81. The van der Waals surface area contributed by atoms with E-state index < -0.39 is 23.1 Å². The van der Waals surface area contributed by atoms with Crippen molar-refractivity contribution in [2.75, 3.05) is 6.54 Å². The molecule has 0 fully saturated rings. The van der Waals surface area contributed by atoms with Gasteiger partial charge in [-0.2, -0.15) is 0 Å². The van der Waals surface area contributed by atoms with E-state index in [0.29, 0.717) is 12.5 Å². The topological polar surface area (TPSA) is 29.1 Å². The summed E-state index contributed by atoms with van der Waals surface area (Å²) in [6.45, 7) is 0.443. The van der Waals surface area contributed by atoms with E-state index in [-0.39, 0.29) is 4.47 Å². The van der Waals surface area contributed by atoms with Crippen molar-refractivity contribution in [1.82, 2.24) is 5.32 Å². The van der Waals surface area contributed by atoms with Crippen LogP contribution in [0.15, 0.2) is 28.8 Å². The quantitative estimate of drug-likeness (QED) is 0.839. The average Bonchev–Trinajstić information content (AvgIpc) is 2.36. The molecule has 1 N–H and O–H groups in total. The van der Waals surface area contributed by atoms with Gasteiger partial charge in [0.05, 0.1) is 0 Å². The van der Waals surface area contributed by atoms with Crippen molar-refractivity contribution >= 4 is 21.8 Å². The average molecular weight is 330 g/mol. The fourth-order valence-electron chi connectivity index (χ4n) is 2.13. The van der Waals surface area contributed by atoms with Crippen LogP contribution in [-0.4, -0.2) is 12.5 Å². The van der Waals surface area contributed by atoms with Gasteiger partial charge in [0.2, 0.25) is 0 Å². The number of halogens is 3. The van der Waals surface area contributed by atoms with E-state index in [0.717, 1.165) is 31.4 Å². The van der Waals surface area contributed by atoms with Gasteiger partial charge in [0.1, 0.15) is 17.2 Å². The number of benzene rings is 1. The third-order valence-corrected chi connectivity index (χ3v) is 3.62. The largest absolute Gasteiger partial charge is 0.352 e. The fraction of sp³-hybridized carbons (Fsp3) is 0.357. The van der Waals surface area contributed by atoms with E-state index >= 15 is 0 Å². The molecule has 1 atom stereocenters. The van der Waals surface area contributed by atoms with Crippen molar-refractivity contribution in [1.29, 1.82) is 0 Å². The molecule has 102 valence electrons. The number of hydrogen-bond acceptors (Lipinski definition) is 1. The molecule has 2 nitrogen and oxygen atoms in total. The summed E-state index contributed by atoms with van der Waals surface area (Å²) in [6.07, 6.45) is 7.04. The molecule has 0 aliphatic heterocycles. The zero-order chi connectivity index (χ0) is 13.8. The van der Waals surface area contributed by atoms with E-state index in [1.807, 2.05) is 0 Å². The minimum Gasteiger partial charge on any atom is -0.352 e. The Hall–Kier alpha value is -1.23. The number of rotatable bonds is 3. The first kappa shape index (κ1) is 14.2. The van der Waals surface area contributed by atoms with Crippen molar-refractivity contribution < 1.29 is 13.6 Å². The lowest BCUT2D eigenvalue weighted by Crippen LogP contribution is -2.31. The Labute approximate surface area is 119 Å². The van der Waals surface area contributed by atoms with Crippen molar-refractivity contribution in [3.8, 4) is 0 Å². The minimum absolute atomic E-state index is 0.275. The Kier molecular flexibility index (Phi) is 4.69. The molecule has 0 saturated carbocycles. The molecule has 0 spiro atoms. The van der Waals surface area contributed by atoms with Crippen LogP contribution in [0.1, 0.15) is 29.6 Å². The first-order valence-electron chi connectivity index (χ1n) is 6.15. The lowest BCUT2D eigenvalue weighted by molar-refractivity contribution is 0.0937. The first-order valence-corrected chi connectivity index (χ1v) is 6.95. The number of nitrogens with one attached hydrogen (secondary N) is 1. The summed E-state index contributed by atoms with van der Waals surface area (Å²) in [5.74, 6) is -2.06. The van der Waals surface area contributed by atoms with Gasteiger partial charge in [-0.25, -0.2) is 8.78 Å². The highest BCUT2D eigenvalue weighted by Gasteiger charge is 2.19. The molecule has 1 aliphatic carbocycles. The highest BCUT2D eigenvalue weighted by molar-refractivity contribution is 9.10. The lowest BCUT2D eigenvalue weighted by atomic mass is 9.94. The van der Waals surface area contributed by atoms with Crippen LogP contribution in [0.2, 0.25) is 0 Å². The minimum atomic E-state index is -0.854. The zero-order valence-corrected chi connectivity index (χ0v) is 11.8. The normalized spacial score (nSPS) is 18.4. The van der Waals surface area contributed by atoms with Gasteiger partial charge in [0.15, 0.2) is 0 Å². The van der Waals surface area contributed by atoms with Crippen LogP contribution in [-0.2, 0) is 0 Å². The number of allylic oxidation sites excluding steroid dienone is 2. The molecule has 1 aliphatic rings. The molecule has 2 rings (SSSR count). The fourth-order valence-corrected chi connectivity index (χ4v) is 2.53. The smallest absolute Gasteiger partial charge is 0.257 e. The maximum Gasteiger partial charge on any atom is 0.257 e. The maximum atomic E-state index is 13.6. The summed E-state index contributed by atoms with van der Waals surface area (Å²) in [5.41, 5.74) is -0.519. The number of amides is 1. The number of carbonyl (C=O) groups excluding carboxylic acids is 1. The van der Waals surface area contributed by atoms with E-state index in [2.05, 4.69) is 33.4 Å². The Morgan fingerprint density at radius 3 is 2.58 bits per heavy atom. The van der Waals surface area contributed by atoms with Crippen LogP contribution in [0.5, 0.6) is 0 Å². The predicted molar refractivity (Wildman–Crippen MR) is 72.9 cm³/mol. The van der Waals surface area contributed by atoms with Crippen LogP contribution >= 0.6 is 15.9 Å². The molecule has 1 aromatic carbocycles. The molecule has 19 heavy (non-hydrogen) atoms. The van der Waals surface area contributed by atoms with Crippen molar-refractivity contribution in [3.63, 3.8) is 0 Å². The second-order valence-corrected chi connectivity index (χ2v) is 5.52. The maximum absolute atomic E-state index is 13.6. The van der Waals surface area contributed by atoms with E-state index in [1.54, 1.807) is 0 Å². The van der Waals surface area contributed by atoms with Gasteiger partial charge in [-0.15, -0.1) is 0 Å². The summed E-state index contributed by atoms with van der Waals surface area (Å²) < 4.78 is 27.4. The van der Waals surface area contributed by atoms with Gasteiger partial charge in [0.25, 0.3) is 5.91 Å². The molecule has 1 amide bonds. The molecule has 1 aromatic rings. The number of carbonyl (C=O) groups is 1. The second kappa shape index (κ2) is 6.28. The molecule has 0 radical (unpaired) electrons. The van der Waals surface area contributed by atoms with Crippen molar-refractivity contribution in [3.05, 3.63) is 46.0 Å². The highest BCUT2D eigenvalue weighted by atomic mass is 79.9. The summed E-state index contributed by atoms with van der Waals surface area (Å²) >= 11 is 2.98. The summed E-state index contributed by atoms with van der Waals surface area (Å²) in [6, 6.07) is 2.17. The van der Waals surface area contributed by atoms with E-state index in [9.17, 15) is 13.6 Å². The lowest BCUT2D eigenvalue weighted by Gasteiger charge is -2.18. The molecule has 0 bridgehead atoms. The van der Waals surface area contributed by atoms with Crippen molar-refractivity contribution in [2.24, 2.45) is 5.92 Å². The molecule has 1 unspecified atom stereocenters. The van der Waals surface area contributed by atoms with E-state index in [1.165, 1.54) is 0 Å². The third kappa shape index (κ3) is 3.62. The van der Waals surface area contributed by atoms with Gasteiger partial charge in [-0.1, -0.05) is 28.1 Å². The van der Waals surface area contributed by atoms with Gasteiger partial charge in [-0.05, 0) is 37.3 Å². The first-order chi connectivity index (χ1) is 9.08. The molecular formula is C14H14BrF2NO. The monoisotopic (exact) mass is 329 g/mol. The highest BCUT2D eigenvalue weighted by Crippen LogP contribution is 2.20. The molecule has 0 heterocycles. The van der Waals surface area contributed by atoms with Crippen LogP contribution < -0.4 is 5.32 Å². The standard InChI is InChI=1S/C14H14BrF2NO/c15-10-6-11(16)13(12(17)7-10)14(19)18-8-9-4-2-1-3-5-9/h1-2,6-7,9H,3-5,8H2,(H,18,19). The van der Waals surface area contributed by atoms with Crippen LogP contribution in [0.25, 0.3) is 0 Å². The number of hydrogen-bond donors (Lipinski definition) is 1. The molecular weight excluding hydrogens is 316 g/mol. The second-order valence-electron chi connectivity index (χ2n) is 4.60. The van der Waals surface area contributed by atoms with Gasteiger partial charge < -0.3 is 5.32 Å². The third-order valence-electron chi connectivity index (χ3n) is 3.16. The SMILES string of the molecule is O=C(NCC1CC=CCC1)c1c(F)cc(Br)cc1F. The van der Waals surface area contributed by atoms with E-state index in [4.69, 9.17) is 0 Å². The van der Waals surface area contributed by atoms with Crippen LogP contribution in [0, 0.1) is 17.6 Å². The van der Waals surface area contributed by atoms with Crippen LogP contribution in [0.4, 0.5) is 8.78 Å². The molecule has 0 saturated heterocycles. The van der Waals surface area contributed by atoms with Crippen molar-refractivity contribution in [2.45, 2.75) is 19.3 Å². The summed E-state index contributed by atoms with van der Waals surface area (Å²) in [7, 11) is 0.